The molecular formula is C18H26N2S. The van der Waals surface area contributed by atoms with Crippen molar-refractivity contribution in [3.8, 4) is 11.3 Å². The summed E-state index contributed by atoms with van der Waals surface area (Å²) in [5, 5.41) is 6.96. The Labute approximate surface area is 132 Å². The van der Waals surface area contributed by atoms with Gasteiger partial charge in [-0.2, -0.15) is 0 Å². The van der Waals surface area contributed by atoms with Crippen molar-refractivity contribution in [1.82, 2.24) is 10.3 Å². The number of nitrogens with one attached hydrogen (secondary N) is 1. The first-order valence-electron chi connectivity index (χ1n) is 7.85. The number of hydrogen-bond acceptors (Lipinski definition) is 3. The fourth-order valence-electron chi connectivity index (χ4n) is 2.26. The van der Waals surface area contributed by atoms with Gasteiger partial charge >= 0.3 is 0 Å². The summed E-state index contributed by atoms with van der Waals surface area (Å²) in [6.45, 7) is 9.03. The van der Waals surface area contributed by atoms with Gasteiger partial charge in [-0.05, 0) is 37.8 Å². The molecule has 0 amide bonds. The molecule has 2 nitrogen and oxygen atoms in total. The van der Waals surface area contributed by atoms with Crippen LogP contribution in [-0.4, -0.2) is 18.1 Å². The Bertz CT molecular complexity index is 519. The Morgan fingerprint density at radius 1 is 1.10 bits per heavy atom. The van der Waals surface area contributed by atoms with E-state index in [2.05, 4.69) is 55.7 Å². The van der Waals surface area contributed by atoms with Crippen LogP contribution in [0, 0.1) is 11.8 Å². The molecule has 0 aliphatic rings. The van der Waals surface area contributed by atoms with Gasteiger partial charge in [0.25, 0.3) is 0 Å². The molecule has 1 aromatic carbocycles. The molecule has 3 heteroatoms. The Kier molecular flexibility index (Phi) is 6.40. The fourth-order valence-corrected chi connectivity index (χ4v) is 3.08. The summed E-state index contributed by atoms with van der Waals surface area (Å²) in [7, 11) is 0. The van der Waals surface area contributed by atoms with Gasteiger partial charge in [-0.1, -0.05) is 51.1 Å². The number of aromatic nitrogens is 1. The van der Waals surface area contributed by atoms with Gasteiger partial charge in [-0.3, -0.25) is 0 Å². The Morgan fingerprint density at radius 3 is 2.57 bits per heavy atom. The fraction of sp³-hybridized carbons (Fsp3) is 0.500. The van der Waals surface area contributed by atoms with E-state index in [1.165, 1.54) is 17.0 Å². The quantitative estimate of drug-likeness (QED) is 0.769. The molecular weight excluding hydrogens is 276 g/mol. The Balaban J connectivity index is 1.78. The van der Waals surface area contributed by atoms with E-state index in [0.29, 0.717) is 5.92 Å². The molecule has 1 aromatic heterocycles. The Morgan fingerprint density at radius 2 is 1.86 bits per heavy atom. The van der Waals surface area contributed by atoms with Crippen molar-refractivity contribution in [2.45, 2.75) is 33.6 Å². The highest BCUT2D eigenvalue weighted by Crippen LogP contribution is 2.22. The summed E-state index contributed by atoms with van der Waals surface area (Å²) in [5.41, 5.74) is 2.33. The molecule has 0 radical (unpaired) electrons. The average molecular weight is 302 g/mol. The standard InChI is InChI=1S/C18H26N2S/c1-14(2)11-19-12-15(3)9-10-18-20-17(13-21-18)16-7-5-4-6-8-16/h4-8,13-15,19H,9-12H2,1-3H3. The van der Waals surface area contributed by atoms with Crippen LogP contribution in [0.2, 0.25) is 0 Å². The molecule has 0 saturated heterocycles. The number of nitrogens with zero attached hydrogens (tertiary/aromatic N) is 1. The van der Waals surface area contributed by atoms with Gasteiger partial charge in [-0.15, -0.1) is 11.3 Å². The molecule has 114 valence electrons. The maximum absolute atomic E-state index is 4.76. The van der Waals surface area contributed by atoms with Crippen molar-refractivity contribution in [2.75, 3.05) is 13.1 Å². The van der Waals surface area contributed by atoms with Crippen LogP contribution in [0.1, 0.15) is 32.2 Å². The van der Waals surface area contributed by atoms with E-state index in [9.17, 15) is 0 Å². The largest absolute Gasteiger partial charge is 0.316 e. The number of hydrogen-bond donors (Lipinski definition) is 1. The normalized spacial score (nSPS) is 12.8. The maximum Gasteiger partial charge on any atom is 0.0932 e. The van der Waals surface area contributed by atoms with Gasteiger partial charge in [0.05, 0.1) is 10.7 Å². The molecule has 1 N–H and O–H groups in total. The third kappa shape index (κ3) is 5.60. The van der Waals surface area contributed by atoms with E-state index < -0.39 is 0 Å². The van der Waals surface area contributed by atoms with Gasteiger partial charge in [-0.25, -0.2) is 4.98 Å². The minimum Gasteiger partial charge on any atom is -0.316 e. The van der Waals surface area contributed by atoms with Gasteiger partial charge < -0.3 is 5.32 Å². The van der Waals surface area contributed by atoms with Crippen molar-refractivity contribution in [3.05, 3.63) is 40.7 Å². The van der Waals surface area contributed by atoms with Crippen molar-refractivity contribution in [2.24, 2.45) is 11.8 Å². The predicted molar refractivity (Wildman–Crippen MR) is 92.7 cm³/mol. The molecule has 1 unspecified atom stereocenters. The van der Waals surface area contributed by atoms with Crippen LogP contribution in [0.5, 0.6) is 0 Å². The molecule has 0 aliphatic heterocycles. The number of thiazole rings is 1. The minimum absolute atomic E-state index is 0.702. The summed E-state index contributed by atoms with van der Waals surface area (Å²) >= 11 is 1.78. The molecule has 2 aromatic rings. The molecule has 0 saturated carbocycles. The van der Waals surface area contributed by atoms with Crippen molar-refractivity contribution in [3.63, 3.8) is 0 Å². The molecule has 0 aliphatic carbocycles. The van der Waals surface area contributed by atoms with Crippen molar-refractivity contribution >= 4 is 11.3 Å². The van der Waals surface area contributed by atoms with Crippen LogP contribution in [0.3, 0.4) is 0 Å². The SMILES string of the molecule is CC(C)CNCC(C)CCc1nc(-c2ccccc2)cs1. The third-order valence-corrected chi connectivity index (χ3v) is 4.43. The van der Waals surface area contributed by atoms with Crippen LogP contribution < -0.4 is 5.32 Å². The second-order valence-electron chi connectivity index (χ2n) is 6.19. The van der Waals surface area contributed by atoms with Crippen LogP contribution in [0.15, 0.2) is 35.7 Å². The highest BCUT2D eigenvalue weighted by atomic mass is 32.1. The summed E-state index contributed by atoms with van der Waals surface area (Å²) in [5.74, 6) is 1.43. The molecule has 1 heterocycles. The van der Waals surface area contributed by atoms with Gasteiger partial charge in [0.2, 0.25) is 0 Å². The number of aryl methyl sites for hydroxylation is 1. The zero-order valence-electron chi connectivity index (χ0n) is 13.3. The highest BCUT2D eigenvalue weighted by molar-refractivity contribution is 7.09. The van der Waals surface area contributed by atoms with Gasteiger partial charge in [0, 0.05) is 10.9 Å². The lowest BCUT2D eigenvalue weighted by Crippen LogP contribution is -2.25. The molecule has 0 spiro atoms. The smallest absolute Gasteiger partial charge is 0.0932 e. The number of benzene rings is 1. The summed E-state index contributed by atoms with van der Waals surface area (Å²) in [4.78, 5) is 4.76. The van der Waals surface area contributed by atoms with Gasteiger partial charge in [0.15, 0.2) is 0 Å². The lowest BCUT2D eigenvalue weighted by molar-refractivity contribution is 0.454. The summed E-state index contributed by atoms with van der Waals surface area (Å²) in [6, 6.07) is 10.4. The van der Waals surface area contributed by atoms with Crippen LogP contribution in [-0.2, 0) is 6.42 Å². The minimum atomic E-state index is 0.702. The first-order valence-corrected chi connectivity index (χ1v) is 8.73. The lowest BCUT2D eigenvalue weighted by Gasteiger charge is -2.13. The zero-order valence-corrected chi connectivity index (χ0v) is 14.1. The molecule has 1 atom stereocenters. The zero-order chi connectivity index (χ0) is 15.1. The highest BCUT2D eigenvalue weighted by Gasteiger charge is 2.07. The second kappa shape index (κ2) is 8.30. The van der Waals surface area contributed by atoms with Crippen LogP contribution >= 0.6 is 11.3 Å². The van der Waals surface area contributed by atoms with Crippen LogP contribution in [0.25, 0.3) is 11.3 Å². The second-order valence-corrected chi connectivity index (χ2v) is 7.13. The molecule has 0 fully saturated rings. The first kappa shape index (κ1) is 16.2. The lowest BCUT2D eigenvalue weighted by atomic mass is 10.1. The Hall–Kier alpha value is -1.19. The van der Waals surface area contributed by atoms with Crippen molar-refractivity contribution < 1.29 is 0 Å². The van der Waals surface area contributed by atoms with E-state index in [1.807, 2.05) is 6.07 Å². The molecule has 2 rings (SSSR count). The average Bonchev–Trinajstić information content (AvgIpc) is 2.94. The van der Waals surface area contributed by atoms with Gasteiger partial charge in [0.1, 0.15) is 0 Å². The van der Waals surface area contributed by atoms with E-state index >= 15 is 0 Å². The predicted octanol–water partition coefficient (Wildman–Crippen LogP) is 4.62. The maximum atomic E-state index is 4.76. The topological polar surface area (TPSA) is 24.9 Å². The summed E-state index contributed by atoms with van der Waals surface area (Å²) in [6.07, 6.45) is 2.29. The molecule has 21 heavy (non-hydrogen) atoms. The van der Waals surface area contributed by atoms with Crippen LogP contribution in [0.4, 0.5) is 0 Å². The van der Waals surface area contributed by atoms with E-state index in [1.54, 1.807) is 11.3 Å². The first-order chi connectivity index (χ1) is 10.1. The van der Waals surface area contributed by atoms with E-state index in [0.717, 1.165) is 31.1 Å². The summed E-state index contributed by atoms with van der Waals surface area (Å²) < 4.78 is 0. The number of rotatable bonds is 8. The van der Waals surface area contributed by atoms with E-state index in [-0.39, 0.29) is 0 Å². The third-order valence-electron chi connectivity index (χ3n) is 3.52. The van der Waals surface area contributed by atoms with Crippen molar-refractivity contribution in [1.29, 1.82) is 0 Å². The molecule has 0 bridgehead atoms. The van der Waals surface area contributed by atoms with E-state index in [4.69, 9.17) is 4.98 Å². The monoisotopic (exact) mass is 302 g/mol.